The molecule has 2 aromatic rings. The van der Waals surface area contributed by atoms with E-state index in [0.717, 1.165) is 12.0 Å². The van der Waals surface area contributed by atoms with E-state index in [-0.39, 0.29) is 12.5 Å². The highest BCUT2D eigenvalue weighted by molar-refractivity contribution is 6.30. The Morgan fingerprint density at radius 2 is 2.11 bits per heavy atom. The van der Waals surface area contributed by atoms with E-state index >= 15 is 0 Å². The number of aromatic nitrogens is 2. The zero-order valence-corrected chi connectivity index (χ0v) is 11.1. The Hall–Kier alpha value is -2.01. The van der Waals surface area contributed by atoms with Crippen molar-refractivity contribution < 1.29 is 4.79 Å². The topological polar surface area (TPSA) is 72.9 Å². The molecule has 100 valence electrons. The first-order valence-corrected chi connectivity index (χ1v) is 6.30. The van der Waals surface area contributed by atoms with Crippen molar-refractivity contribution in [2.45, 2.75) is 13.0 Å². The molecular formula is C13H15ClN4O. The minimum absolute atomic E-state index is 0.0861. The average Bonchev–Trinajstić information content (AvgIpc) is 2.77. The molecule has 0 saturated heterocycles. The monoisotopic (exact) mass is 278 g/mol. The Morgan fingerprint density at radius 1 is 1.37 bits per heavy atom. The molecule has 0 aliphatic carbocycles. The fraction of sp³-hybridized carbons (Fsp3) is 0.231. The summed E-state index contributed by atoms with van der Waals surface area (Å²) in [6, 6.07) is 7.57. The number of nitrogen functional groups attached to an aromatic ring is 1. The molecule has 1 amide bonds. The third-order valence-electron chi connectivity index (χ3n) is 2.61. The minimum atomic E-state index is -0.0861. The van der Waals surface area contributed by atoms with Gasteiger partial charge in [0.1, 0.15) is 6.54 Å². The molecule has 1 aromatic heterocycles. The molecule has 5 nitrogen and oxygen atoms in total. The molecule has 0 aliphatic rings. The van der Waals surface area contributed by atoms with E-state index in [4.69, 9.17) is 17.3 Å². The van der Waals surface area contributed by atoms with E-state index in [1.165, 1.54) is 10.9 Å². The van der Waals surface area contributed by atoms with Crippen LogP contribution in [0, 0.1) is 0 Å². The molecule has 6 heteroatoms. The number of hydrogen-bond acceptors (Lipinski definition) is 3. The van der Waals surface area contributed by atoms with Crippen molar-refractivity contribution in [1.82, 2.24) is 15.1 Å². The first-order valence-electron chi connectivity index (χ1n) is 5.92. The molecule has 3 N–H and O–H groups in total. The number of benzene rings is 1. The fourth-order valence-corrected chi connectivity index (χ4v) is 1.79. The van der Waals surface area contributed by atoms with Crippen molar-refractivity contribution >= 4 is 23.2 Å². The predicted molar refractivity (Wildman–Crippen MR) is 74.8 cm³/mol. The van der Waals surface area contributed by atoms with Gasteiger partial charge in [0.15, 0.2) is 0 Å². The molecule has 2 rings (SSSR count). The molecule has 0 unspecified atom stereocenters. The number of hydrogen-bond donors (Lipinski definition) is 2. The molecule has 0 aliphatic heterocycles. The standard InChI is InChI=1S/C13H15ClN4O/c14-11-3-1-10(2-4-11)5-6-16-13(19)9-18-8-12(15)7-17-18/h1-4,7-8H,5-6,9,15H2,(H,16,19). The largest absolute Gasteiger partial charge is 0.396 e. The number of halogens is 1. The second-order valence-electron chi connectivity index (χ2n) is 4.20. The van der Waals surface area contributed by atoms with Crippen LogP contribution in [0.5, 0.6) is 0 Å². The number of nitrogens with one attached hydrogen (secondary N) is 1. The van der Waals surface area contributed by atoms with Crippen molar-refractivity contribution in [2.75, 3.05) is 12.3 Å². The smallest absolute Gasteiger partial charge is 0.241 e. The van der Waals surface area contributed by atoms with E-state index in [9.17, 15) is 4.79 Å². The molecule has 0 bridgehead atoms. The fourth-order valence-electron chi connectivity index (χ4n) is 1.67. The first-order chi connectivity index (χ1) is 9.13. The molecule has 19 heavy (non-hydrogen) atoms. The molecule has 0 saturated carbocycles. The maximum atomic E-state index is 11.6. The summed E-state index contributed by atoms with van der Waals surface area (Å²) in [7, 11) is 0. The van der Waals surface area contributed by atoms with Gasteiger partial charge in [-0.1, -0.05) is 23.7 Å². The normalized spacial score (nSPS) is 10.4. The highest BCUT2D eigenvalue weighted by Crippen LogP contribution is 2.09. The second kappa shape index (κ2) is 6.24. The number of rotatable bonds is 5. The predicted octanol–water partition coefficient (Wildman–Crippen LogP) is 1.48. The van der Waals surface area contributed by atoms with Crippen LogP contribution < -0.4 is 11.1 Å². The van der Waals surface area contributed by atoms with Crippen molar-refractivity contribution in [3.8, 4) is 0 Å². The van der Waals surface area contributed by atoms with Crippen LogP contribution in [0.2, 0.25) is 5.02 Å². The van der Waals surface area contributed by atoms with Crippen LogP contribution in [-0.4, -0.2) is 22.2 Å². The lowest BCUT2D eigenvalue weighted by molar-refractivity contribution is -0.121. The zero-order valence-electron chi connectivity index (χ0n) is 10.3. The summed E-state index contributed by atoms with van der Waals surface area (Å²) in [5.41, 5.74) is 7.20. The Kier molecular flexibility index (Phi) is 4.41. The lowest BCUT2D eigenvalue weighted by Crippen LogP contribution is -2.29. The van der Waals surface area contributed by atoms with Gasteiger partial charge in [-0.05, 0) is 24.1 Å². The summed E-state index contributed by atoms with van der Waals surface area (Å²) in [6.45, 7) is 0.759. The Bertz CT molecular complexity index is 550. The number of amides is 1. The summed E-state index contributed by atoms with van der Waals surface area (Å²) in [4.78, 5) is 11.6. The lowest BCUT2D eigenvalue weighted by atomic mass is 10.1. The number of nitrogens with two attached hydrogens (primary N) is 1. The van der Waals surface area contributed by atoms with Gasteiger partial charge in [-0.15, -0.1) is 0 Å². The number of carbonyl (C=O) groups is 1. The van der Waals surface area contributed by atoms with Crippen LogP contribution in [0.1, 0.15) is 5.56 Å². The highest BCUT2D eigenvalue weighted by atomic mass is 35.5. The van der Waals surface area contributed by atoms with Gasteiger partial charge in [0.2, 0.25) is 5.91 Å². The summed E-state index contributed by atoms with van der Waals surface area (Å²) in [5, 5.41) is 7.49. The summed E-state index contributed by atoms with van der Waals surface area (Å²) < 4.78 is 1.51. The first kappa shape index (κ1) is 13.4. The van der Waals surface area contributed by atoms with Crippen LogP contribution in [0.15, 0.2) is 36.7 Å². The van der Waals surface area contributed by atoms with Gasteiger partial charge in [0.25, 0.3) is 0 Å². The third-order valence-corrected chi connectivity index (χ3v) is 2.86. The average molecular weight is 279 g/mol. The maximum absolute atomic E-state index is 11.6. The lowest BCUT2D eigenvalue weighted by Gasteiger charge is -2.05. The van der Waals surface area contributed by atoms with Crippen molar-refractivity contribution in [2.24, 2.45) is 0 Å². The third kappa shape index (κ3) is 4.30. The van der Waals surface area contributed by atoms with Gasteiger partial charge in [-0.25, -0.2) is 0 Å². The summed E-state index contributed by atoms with van der Waals surface area (Å²) in [6.07, 6.45) is 3.91. The molecule has 0 spiro atoms. The molecular weight excluding hydrogens is 264 g/mol. The number of nitrogens with zero attached hydrogens (tertiary/aromatic N) is 2. The van der Waals surface area contributed by atoms with Crippen molar-refractivity contribution in [3.63, 3.8) is 0 Å². The summed E-state index contributed by atoms with van der Waals surface area (Å²) in [5.74, 6) is -0.0861. The highest BCUT2D eigenvalue weighted by Gasteiger charge is 2.03. The SMILES string of the molecule is Nc1cnn(CC(=O)NCCc2ccc(Cl)cc2)c1. The minimum Gasteiger partial charge on any atom is -0.396 e. The molecule has 0 fully saturated rings. The van der Waals surface area contributed by atoms with Crippen LogP contribution in [0.3, 0.4) is 0 Å². The Morgan fingerprint density at radius 3 is 2.74 bits per heavy atom. The van der Waals surface area contributed by atoms with Gasteiger partial charge < -0.3 is 11.1 Å². The van der Waals surface area contributed by atoms with E-state index < -0.39 is 0 Å². The van der Waals surface area contributed by atoms with E-state index in [2.05, 4.69) is 10.4 Å². The van der Waals surface area contributed by atoms with Crippen LogP contribution in [0.25, 0.3) is 0 Å². The molecule has 1 aromatic carbocycles. The van der Waals surface area contributed by atoms with E-state index in [1.54, 1.807) is 6.20 Å². The van der Waals surface area contributed by atoms with E-state index in [0.29, 0.717) is 17.3 Å². The molecule has 0 atom stereocenters. The Labute approximate surface area is 116 Å². The van der Waals surface area contributed by atoms with Gasteiger partial charge in [0, 0.05) is 17.8 Å². The maximum Gasteiger partial charge on any atom is 0.241 e. The molecule has 0 radical (unpaired) electrons. The molecule has 1 heterocycles. The van der Waals surface area contributed by atoms with Crippen LogP contribution in [0.4, 0.5) is 5.69 Å². The number of anilines is 1. The Balaban J connectivity index is 1.73. The van der Waals surface area contributed by atoms with Gasteiger partial charge in [-0.3, -0.25) is 9.48 Å². The second-order valence-corrected chi connectivity index (χ2v) is 4.63. The summed E-state index contributed by atoms with van der Waals surface area (Å²) >= 11 is 5.80. The number of carbonyl (C=O) groups excluding carboxylic acids is 1. The van der Waals surface area contributed by atoms with Gasteiger partial charge in [0.05, 0.1) is 11.9 Å². The van der Waals surface area contributed by atoms with Crippen LogP contribution >= 0.6 is 11.6 Å². The van der Waals surface area contributed by atoms with E-state index in [1.807, 2.05) is 24.3 Å². The van der Waals surface area contributed by atoms with Crippen molar-refractivity contribution in [3.05, 3.63) is 47.2 Å². The van der Waals surface area contributed by atoms with Crippen LogP contribution in [-0.2, 0) is 17.8 Å². The van der Waals surface area contributed by atoms with Gasteiger partial charge in [-0.2, -0.15) is 5.10 Å². The quantitative estimate of drug-likeness (QED) is 0.870. The van der Waals surface area contributed by atoms with Crippen molar-refractivity contribution in [1.29, 1.82) is 0 Å². The zero-order chi connectivity index (χ0) is 13.7. The van der Waals surface area contributed by atoms with Gasteiger partial charge >= 0.3 is 0 Å².